The Morgan fingerprint density at radius 3 is 3.04 bits per heavy atom. The summed E-state index contributed by atoms with van der Waals surface area (Å²) in [4.78, 5) is 10.0. The van der Waals surface area contributed by atoms with Gasteiger partial charge in [0, 0.05) is 30.8 Å². The maximum Gasteiger partial charge on any atom is 0.319 e. The summed E-state index contributed by atoms with van der Waals surface area (Å²) in [5.74, 6) is 1.19. The molecule has 0 bridgehead atoms. The highest BCUT2D eigenvalue weighted by Crippen LogP contribution is 2.42. The van der Waals surface area contributed by atoms with Crippen LogP contribution in [0.5, 0.6) is 0 Å². The van der Waals surface area contributed by atoms with E-state index >= 15 is 0 Å². The molecule has 1 atom stereocenters. The molecule has 1 N–H and O–H groups in total. The first-order chi connectivity index (χ1) is 13.3. The molecule has 5 heterocycles. The minimum absolute atomic E-state index is 0.146. The summed E-state index contributed by atoms with van der Waals surface area (Å²) in [5, 5.41) is 13.4. The fourth-order valence-corrected chi connectivity index (χ4v) is 3.93. The largest absolute Gasteiger partial charge is 0.408 e. The SMILES string of the molecule is Cc1cccn2nc(C3c4nc[nH]c4CCN3c3nnc(C4CC4)o3)cc12. The van der Waals surface area contributed by atoms with Gasteiger partial charge in [-0.1, -0.05) is 11.2 Å². The lowest BCUT2D eigenvalue weighted by Crippen LogP contribution is -2.36. The van der Waals surface area contributed by atoms with Crippen LogP contribution in [0.2, 0.25) is 0 Å². The highest BCUT2D eigenvalue weighted by molar-refractivity contribution is 5.57. The third kappa shape index (κ3) is 2.29. The van der Waals surface area contributed by atoms with Gasteiger partial charge in [0.25, 0.3) is 0 Å². The molecule has 2 aliphatic rings. The van der Waals surface area contributed by atoms with Crippen LogP contribution >= 0.6 is 0 Å². The number of hydrogen-bond donors (Lipinski definition) is 1. The molecule has 27 heavy (non-hydrogen) atoms. The Labute approximate surface area is 155 Å². The van der Waals surface area contributed by atoms with Crippen LogP contribution in [0.15, 0.2) is 35.1 Å². The van der Waals surface area contributed by atoms with Crippen LogP contribution in [0.25, 0.3) is 5.52 Å². The Bertz CT molecular complexity index is 1140. The van der Waals surface area contributed by atoms with E-state index in [1.54, 1.807) is 6.33 Å². The third-order valence-electron chi connectivity index (χ3n) is 5.54. The number of aryl methyl sites for hydroxylation is 1. The van der Waals surface area contributed by atoms with Gasteiger partial charge in [-0.2, -0.15) is 5.10 Å². The Balaban J connectivity index is 1.49. The summed E-state index contributed by atoms with van der Waals surface area (Å²) >= 11 is 0. The molecule has 8 heteroatoms. The third-order valence-corrected chi connectivity index (χ3v) is 5.54. The first kappa shape index (κ1) is 15.0. The van der Waals surface area contributed by atoms with Gasteiger partial charge in [0.1, 0.15) is 6.04 Å². The van der Waals surface area contributed by atoms with Crippen molar-refractivity contribution in [3.8, 4) is 0 Å². The maximum absolute atomic E-state index is 6.02. The van der Waals surface area contributed by atoms with E-state index < -0.39 is 0 Å². The smallest absolute Gasteiger partial charge is 0.319 e. The van der Waals surface area contributed by atoms with Crippen molar-refractivity contribution in [2.45, 2.75) is 38.1 Å². The number of aromatic nitrogens is 6. The molecule has 0 amide bonds. The van der Waals surface area contributed by atoms with Crippen molar-refractivity contribution in [2.24, 2.45) is 0 Å². The number of aromatic amines is 1. The topological polar surface area (TPSA) is 88.1 Å². The highest BCUT2D eigenvalue weighted by atomic mass is 16.4. The summed E-state index contributed by atoms with van der Waals surface area (Å²) in [6.45, 7) is 2.87. The van der Waals surface area contributed by atoms with Crippen LogP contribution in [0.3, 0.4) is 0 Å². The van der Waals surface area contributed by atoms with E-state index in [1.807, 2.05) is 16.8 Å². The molecule has 1 unspecified atom stereocenters. The Morgan fingerprint density at radius 1 is 1.26 bits per heavy atom. The van der Waals surface area contributed by atoms with Gasteiger partial charge in [-0.25, -0.2) is 9.50 Å². The first-order valence-corrected chi connectivity index (χ1v) is 9.35. The van der Waals surface area contributed by atoms with E-state index in [2.05, 4.69) is 44.1 Å². The number of pyridine rings is 1. The van der Waals surface area contributed by atoms with Gasteiger partial charge in [-0.15, -0.1) is 5.10 Å². The Morgan fingerprint density at radius 2 is 2.19 bits per heavy atom. The van der Waals surface area contributed by atoms with Gasteiger partial charge < -0.3 is 14.3 Å². The molecule has 1 fully saturated rings. The van der Waals surface area contributed by atoms with Crippen LogP contribution in [-0.4, -0.2) is 36.3 Å². The second kappa shape index (κ2) is 5.42. The standard InChI is InChI=1S/C19H19N7O/c1-11-3-2-7-26-15(11)9-14(24-26)17-16-13(20-10-21-16)6-8-25(17)19-23-22-18(27-19)12-4-5-12/h2-3,7,9-10,12,17H,4-6,8H2,1H3,(H,20,21). The molecule has 4 aromatic heterocycles. The van der Waals surface area contributed by atoms with Crippen molar-refractivity contribution < 1.29 is 4.42 Å². The monoisotopic (exact) mass is 361 g/mol. The molecule has 0 spiro atoms. The van der Waals surface area contributed by atoms with E-state index in [4.69, 9.17) is 9.52 Å². The number of anilines is 1. The number of nitrogens with zero attached hydrogens (tertiary/aromatic N) is 6. The molecular formula is C19H19N7O. The fraction of sp³-hybridized carbons (Fsp3) is 0.368. The molecular weight excluding hydrogens is 342 g/mol. The molecule has 1 aliphatic heterocycles. The zero-order valence-corrected chi connectivity index (χ0v) is 15.0. The van der Waals surface area contributed by atoms with E-state index in [0.717, 1.165) is 54.3 Å². The second-order valence-corrected chi connectivity index (χ2v) is 7.40. The van der Waals surface area contributed by atoms with E-state index in [9.17, 15) is 0 Å². The second-order valence-electron chi connectivity index (χ2n) is 7.40. The number of fused-ring (bicyclic) bond motifs is 2. The van der Waals surface area contributed by atoms with Gasteiger partial charge in [-0.3, -0.25) is 0 Å². The molecule has 4 aromatic rings. The van der Waals surface area contributed by atoms with Gasteiger partial charge >= 0.3 is 6.01 Å². The number of hydrogen-bond acceptors (Lipinski definition) is 6. The zero-order valence-electron chi connectivity index (χ0n) is 15.0. The minimum Gasteiger partial charge on any atom is -0.408 e. The lowest BCUT2D eigenvalue weighted by Gasteiger charge is -2.32. The molecule has 136 valence electrons. The van der Waals surface area contributed by atoms with Crippen LogP contribution in [0, 0.1) is 6.92 Å². The number of nitrogens with one attached hydrogen (secondary N) is 1. The molecule has 0 radical (unpaired) electrons. The van der Waals surface area contributed by atoms with E-state index in [-0.39, 0.29) is 6.04 Å². The van der Waals surface area contributed by atoms with Crippen molar-refractivity contribution in [1.82, 2.24) is 29.8 Å². The first-order valence-electron chi connectivity index (χ1n) is 9.35. The van der Waals surface area contributed by atoms with E-state index in [0.29, 0.717) is 11.9 Å². The summed E-state index contributed by atoms with van der Waals surface area (Å²) in [5.41, 5.74) is 5.35. The Kier molecular flexibility index (Phi) is 3.00. The molecule has 0 saturated heterocycles. The van der Waals surface area contributed by atoms with Crippen LogP contribution in [0.1, 0.15) is 53.3 Å². The quantitative estimate of drug-likeness (QED) is 0.604. The number of H-pyrrole nitrogens is 1. The minimum atomic E-state index is -0.146. The van der Waals surface area contributed by atoms with Crippen LogP contribution in [-0.2, 0) is 6.42 Å². The van der Waals surface area contributed by atoms with Gasteiger partial charge in [0.05, 0.1) is 23.2 Å². The average molecular weight is 361 g/mol. The van der Waals surface area contributed by atoms with Crippen molar-refractivity contribution in [3.05, 3.63) is 59.3 Å². The molecule has 1 saturated carbocycles. The predicted octanol–water partition coefficient (Wildman–Crippen LogP) is 2.78. The number of imidazole rings is 1. The van der Waals surface area contributed by atoms with E-state index in [1.165, 1.54) is 5.56 Å². The normalized spacial score (nSPS) is 19.6. The molecule has 1 aliphatic carbocycles. The molecule has 0 aromatic carbocycles. The lowest BCUT2D eigenvalue weighted by atomic mass is 10.00. The van der Waals surface area contributed by atoms with Crippen molar-refractivity contribution >= 4 is 11.5 Å². The molecule has 6 rings (SSSR count). The van der Waals surface area contributed by atoms with Crippen molar-refractivity contribution in [3.63, 3.8) is 0 Å². The van der Waals surface area contributed by atoms with Crippen LogP contribution in [0.4, 0.5) is 6.01 Å². The van der Waals surface area contributed by atoms with Crippen molar-refractivity contribution in [2.75, 3.05) is 11.4 Å². The maximum atomic E-state index is 6.02. The fourth-order valence-electron chi connectivity index (χ4n) is 3.93. The van der Waals surface area contributed by atoms with Gasteiger partial charge in [-0.05, 0) is 37.5 Å². The average Bonchev–Trinajstić information content (AvgIpc) is 3.11. The predicted molar refractivity (Wildman–Crippen MR) is 97.7 cm³/mol. The summed E-state index contributed by atoms with van der Waals surface area (Å²) in [6, 6.07) is 6.66. The zero-order chi connectivity index (χ0) is 18.0. The van der Waals surface area contributed by atoms with Gasteiger partial charge in [0.15, 0.2) is 0 Å². The molecule has 8 nitrogen and oxygen atoms in total. The number of rotatable bonds is 3. The Hall–Kier alpha value is -3.16. The summed E-state index contributed by atoms with van der Waals surface area (Å²) in [7, 11) is 0. The van der Waals surface area contributed by atoms with Gasteiger partial charge in [0.2, 0.25) is 5.89 Å². The highest BCUT2D eigenvalue weighted by Gasteiger charge is 2.37. The van der Waals surface area contributed by atoms with Crippen molar-refractivity contribution in [1.29, 1.82) is 0 Å². The lowest BCUT2D eigenvalue weighted by molar-refractivity contribution is 0.463. The summed E-state index contributed by atoms with van der Waals surface area (Å²) < 4.78 is 7.94. The summed E-state index contributed by atoms with van der Waals surface area (Å²) in [6.07, 6.45) is 6.87. The van der Waals surface area contributed by atoms with Crippen LogP contribution < -0.4 is 4.90 Å².